The molecule has 9 nitrogen and oxygen atoms in total. The molecule has 3 aromatic rings. The van der Waals surface area contributed by atoms with Crippen molar-refractivity contribution in [2.24, 2.45) is 0 Å². The predicted octanol–water partition coefficient (Wildman–Crippen LogP) is 0.717. The minimum atomic E-state index is -0.0644. The smallest absolute Gasteiger partial charge is 0.253 e. The van der Waals surface area contributed by atoms with Crippen LogP contribution in [0.25, 0.3) is 5.65 Å². The number of nitrogens with zero attached hydrogens (tertiary/aromatic N) is 7. The molecule has 2 aromatic heterocycles. The summed E-state index contributed by atoms with van der Waals surface area (Å²) in [6.07, 6.45) is 1.87. The van der Waals surface area contributed by atoms with Gasteiger partial charge in [-0.1, -0.05) is 12.1 Å². The Morgan fingerprint density at radius 1 is 1.07 bits per heavy atom. The second-order valence-corrected chi connectivity index (χ2v) is 7.27. The Morgan fingerprint density at radius 2 is 1.86 bits per heavy atom. The fraction of sp³-hybridized carbons (Fsp3) is 0.350. The molecule has 0 atom stereocenters. The van der Waals surface area contributed by atoms with Gasteiger partial charge in [-0.3, -0.25) is 9.59 Å². The number of carbonyl (C=O) groups is 2. The molecule has 0 N–H and O–H groups in total. The second kappa shape index (κ2) is 7.86. The van der Waals surface area contributed by atoms with Gasteiger partial charge in [-0.25, -0.2) is 0 Å². The van der Waals surface area contributed by atoms with Crippen LogP contribution < -0.4 is 4.90 Å². The lowest BCUT2D eigenvalue weighted by molar-refractivity contribution is -0.130. The van der Waals surface area contributed by atoms with Crippen LogP contribution in [0.1, 0.15) is 15.9 Å². The highest BCUT2D eigenvalue weighted by Crippen LogP contribution is 2.15. The summed E-state index contributed by atoms with van der Waals surface area (Å²) in [5.41, 5.74) is 2.16. The van der Waals surface area contributed by atoms with E-state index >= 15 is 0 Å². The highest BCUT2D eigenvalue weighted by molar-refractivity contribution is 5.94. The Hall–Kier alpha value is -3.49. The summed E-state index contributed by atoms with van der Waals surface area (Å²) in [5.74, 6) is 0.853. The van der Waals surface area contributed by atoms with Crippen LogP contribution in [0.2, 0.25) is 0 Å². The highest BCUT2D eigenvalue weighted by Gasteiger charge is 2.22. The van der Waals surface area contributed by atoms with Gasteiger partial charge in [-0.2, -0.15) is 4.52 Å². The zero-order valence-electron chi connectivity index (χ0n) is 16.5. The lowest BCUT2D eigenvalue weighted by Crippen LogP contribution is -2.49. The Balaban J connectivity index is 1.36. The van der Waals surface area contributed by atoms with Crippen LogP contribution >= 0.6 is 0 Å². The number of hydrogen-bond donors (Lipinski definition) is 0. The highest BCUT2D eigenvalue weighted by atomic mass is 16.2. The summed E-state index contributed by atoms with van der Waals surface area (Å²) in [4.78, 5) is 30.4. The van der Waals surface area contributed by atoms with E-state index in [2.05, 4.69) is 20.2 Å². The summed E-state index contributed by atoms with van der Waals surface area (Å²) < 4.78 is 1.65. The number of fused-ring (bicyclic) bond motifs is 1. The quantitative estimate of drug-likeness (QED) is 0.649. The first-order chi connectivity index (χ1) is 14.0. The summed E-state index contributed by atoms with van der Waals surface area (Å²) in [5, 5.41) is 12.3. The topological polar surface area (TPSA) is 86.9 Å². The molecule has 0 saturated carbocycles. The molecule has 1 aromatic carbocycles. The number of rotatable bonds is 4. The Bertz CT molecular complexity index is 1040. The fourth-order valence-corrected chi connectivity index (χ4v) is 3.43. The maximum absolute atomic E-state index is 12.7. The first kappa shape index (κ1) is 18.9. The normalized spacial score (nSPS) is 14.3. The number of aromatic nitrogens is 4. The SMILES string of the molecule is CN(C)C(=O)c1cccc(CC(=O)N2CCN(c3ccc4nncn4n3)CC2)c1. The molecule has 0 aliphatic carbocycles. The van der Waals surface area contributed by atoms with Gasteiger partial charge >= 0.3 is 0 Å². The van der Waals surface area contributed by atoms with Crippen molar-refractivity contribution in [1.82, 2.24) is 29.6 Å². The molecule has 2 amide bonds. The third kappa shape index (κ3) is 4.03. The molecule has 1 saturated heterocycles. The lowest BCUT2D eigenvalue weighted by Gasteiger charge is -2.35. The Morgan fingerprint density at radius 3 is 2.62 bits per heavy atom. The molecule has 3 heterocycles. The summed E-state index contributed by atoms with van der Waals surface area (Å²) >= 11 is 0. The van der Waals surface area contributed by atoms with E-state index in [9.17, 15) is 9.59 Å². The molecule has 0 bridgehead atoms. The van der Waals surface area contributed by atoms with Crippen LogP contribution in [0.5, 0.6) is 0 Å². The van der Waals surface area contributed by atoms with Crippen LogP contribution in [0.4, 0.5) is 5.82 Å². The van der Waals surface area contributed by atoms with Crippen LogP contribution in [0.15, 0.2) is 42.7 Å². The summed E-state index contributed by atoms with van der Waals surface area (Å²) in [6.45, 7) is 2.70. The van der Waals surface area contributed by atoms with Gasteiger partial charge in [0.25, 0.3) is 5.91 Å². The molecule has 4 rings (SSSR count). The zero-order chi connectivity index (χ0) is 20.4. The molecule has 9 heteroatoms. The molecule has 0 spiro atoms. The Labute approximate surface area is 168 Å². The molecule has 1 aliphatic heterocycles. The van der Waals surface area contributed by atoms with Crippen molar-refractivity contribution >= 4 is 23.3 Å². The van der Waals surface area contributed by atoms with Gasteiger partial charge in [0.1, 0.15) is 12.1 Å². The molecule has 150 valence electrons. The average Bonchev–Trinajstić information content (AvgIpc) is 3.21. The van der Waals surface area contributed by atoms with Crippen LogP contribution in [0, 0.1) is 0 Å². The van der Waals surface area contributed by atoms with Gasteiger partial charge in [0.05, 0.1) is 6.42 Å². The van der Waals surface area contributed by atoms with Crippen molar-refractivity contribution in [3.05, 3.63) is 53.9 Å². The van der Waals surface area contributed by atoms with E-state index in [0.29, 0.717) is 43.8 Å². The van der Waals surface area contributed by atoms with Gasteiger partial charge in [0.15, 0.2) is 5.65 Å². The fourth-order valence-electron chi connectivity index (χ4n) is 3.43. The Kier molecular flexibility index (Phi) is 5.11. The number of carbonyl (C=O) groups excluding carboxylic acids is 2. The summed E-state index contributed by atoms with van der Waals surface area (Å²) in [7, 11) is 3.44. The van der Waals surface area contributed by atoms with Gasteiger partial charge in [0.2, 0.25) is 5.91 Å². The minimum absolute atomic E-state index is 0.0644. The van der Waals surface area contributed by atoms with Crippen LogP contribution in [0.3, 0.4) is 0 Å². The van der Waals surface area contributed by atoms with Crippen molar-refractivity contribution in [1.29, 1.82) is 0 Å². The van der Waals surface area contributed by atoms with Gasteiger partial charge < -0.3 is 14.7 Å². The zero-order valence-corrected chi connectivity index (χ0v) is 16.5. The number of piperazine rings is 1. The van der Waals surface area contributed by atoms with E-state index in [1.54, 1.807) is 37.1 Å². The predicted molar refractivity (Wildman–Crippen MR) is 108 cm³/mol. The molecule has 1 aliphatic rings. The molecular weight excluding hydrogens is 370 g/mol. The monoisotopic (exact) mass is 393 g/mol. The molecule has 0 unspecified atom stereocenters. The number of hydrogen-bond acceptors (Lipinski definition) is 6. The largest absolute Gasteiger partial charge is 0.352 e. The van der Waals surface area contributed by atoms with Crippen LogP contribution in [-0.4, -0.2) is 81.7 Å². The second-order valence-electron chi connectivity index (χ2n) is 7.27. The summed E-state index contributed by atoms with van der Waals surface area (Å²) in [6, 6.07) is 11.1. The van der Waals surface area contributed by atoms with Crippen LogP contribution in [-0.2, 0) is 11.2 Å². The molecule has 1 fully saturated rings. The third-order valence-corrected chi connectivity index (χ3v) is 5.04. The van der Waals surface area contributed by atoms with Crippen molar-refractivity contribution in [3.63, 3.8) is 0 Å². The van der Waals surface area contributed by atoms with E-state index < -0.39 is 0 Å². The first-order valence-corrected chi connectivity index (χ1v) is 9.51. The van der Waals surface area contributed by atoms with Gasteiger partial charge in [-0.15, -0.1) is 15.3 Å². The number of benzene rings is 1. The molecule has 29 heavy (non-hydrogen) atoms. The maximum atomic E-state index is 12.7. The van der Waals surface area contributed by atoms with E-state index in [1.165, 1.54) is 4.90 Å². The van der Waals surface area contributed by atoms with E-state index in [-0.39, 0.29) is 11.8 Å². The van der Waals surface area contributed by atoms with Crippen molar-refractivity contribution in [2.75, 3.05) is 45.2 Å². The first-order valence-electron chi connectivity index (χ1n) is 9.51. The van der Waals surface area contributed by atoms with Gasteiger partial charge in [0, 0.05) is 45.8 Å². The van der Waals surface area contributed by atoms with E-state index in [4.69, 9.17) is 0 Å². The lowest BCUT2D eigenvalue weighted by atomic mass is 10.1. The standard InChI is InChI=1S/C20H23N7O2/c1-24(2)20(29)16-5-3-4-15(12-16)13-19(28)26-10-8-25(9-11-26)18-7-6-17-22-21-14-27(17)23-18/h3-7,12,14H,8-11,13H2,1-2H3. The van der Waals surface area contributed by atoms with Crippen molar-refractivity contribution in [2.45, 2.75) is 6.42 Å². The van der Waals surface area contributed by atoms with E-state index in [0.717, 1.165) is 11.4 Å². The average molecular weight is 393 g/mol. The maximum Gasteiger partial charge on any atom is 0.253 e. The number of amides is 2. The van der Waals surface area contributed by atoms with Crippen molar-refractivity contribution < 1.29 is 9.59 Å². The molecular formula is C20H23N7O2. The third-order valence-electron chi connectivity index (χ3n) is 5.04. The van der Waals surface area contributed by atoms with Crippen molar-refractivity contribution in [3.8, 4) is 0 Å². The number of anilines is 1. The van der Waals surface area contributed by atoms with E-state index in [1.807, 2.05) is 29.2 Å². The van der Waals surface area contributed by atoms with Gasteiger partial charge in [-0.05, 0) is 29.8 Å². The minimum Gasteiger partial charge on any atom is -0.352 e. The molecule has 0 radical (unpaired) electrons.